The number of nitriles is 1. The van der Waals surface area contributed by atoms with Gasteiger partial charge in [-0.2, -0.15) is 5.26 Å². The Kier molecular flexibility index (Phi) is 7.78. The monoisotopic (exact) mass is 334 g/mol. The average Bonchev–Trinajstić information content (AvgIpc) is 2.58. The van der Waals surface area contributed by atoms with Crippen molar-refractivity contribution in [2.75, 3.05) is 26.9 Å². The smallest absolute Gasteiger partial charge is 0.344 e. The van der Waals surface area contributed by atoms with Gasteiger partial charge in [-0.15, -0.1) is 0 Å². The number of carbonyl (C=O) groups is 3. The molecule has 0 bridgehead atoms. The van der Waals surface area contributed by atoms with Gasteiger partial charge in [0.15, 0.2) is 30.5 Å². The number of hydrogen-bond acceptors (Lipinski definition) is 7. The Hall–Kier alpha value is -3.08. The molecule has 24 heavy (non-hydrogen) atoms. The van der Waals surface area contributed by atoms with Crippen molar-refractivity contribution in [1.82, 2.24) is 5.32 Å². The molecule has 1 aromatic rings. The molecule has 0 aliphatic heterocycles. The van der Waals surface area contributed by atoms with E-state index in [1.54, 1.807) is 6.07 Å². The van der Waals surface area contributed by atoms with Crippen molar-refractivity contribution < 1.29 is 28.6 Å². The van der Waals surface area contributed by atoms with Crippen LogP contribution in [0, 0.1) is 11.3 Å². The molecule has 128 valence electrons. The Labute approximate surface area is 139 Å². The molecule has 1 rings (SSSR count). The van der Waals surface area contributed by atoms with Gasteiger partial charge in [-0.3, -0.25) is 9.59 Å². The number of esters is 1. The van der Waals surface area contributed by atoms with Crippen molar-refractivity contribution in [2.45, 2.75) is 13.3 Å². The lowest BCUT2D eigenvalue weighted by molar-refractivity contribution is -0.150. The molecule has 1 amide bonds. The van der Waals surface area contributed by atoms with Crippen LogP contribution < -0.4 is 14.8 Å². The number of rotatable bonds is 9. The summed E-state index contributed by atoms with van der Waals surface area (Å²) in [6.07, 6.45) is 0.179. The lowest BCUT2D eigenvalue weighted by atomic mass is 10.1. The largest absolute Gasteiger partial charge is 0.493 e. The van der Waals surface area contributed by atoms with Crippen LogP contribution in [0.5, 0.6) is 11.5 Å². The van der Waals surface area contributed by atoms with Gasteiger partial charge in [0.2, 0.25) is 0 Å². The maximum Gasteiger partial charge on any atom is 0.344 e. The van der Waals surface area contributed by atoms with Gasteiger partial charge in [0, 0.05) is 12.1 Å². The number of Topliss-reactive ketones (excluding diaryl/α,β-unsaturated/α-hetero) is 1. The highest BCUT2D eigenvalue weighted by molar-refractivity contribution is 5.94. The third-order valence-corrected chi connectivity index (χ3v) is 2.84. The van der Waals surface area contributed by atoms with Gasteiger partial charge < -0.3 is 19.5 Å². The van der Waals surface area contributed by atoms with E-state index in [-0.39, 0.29) is 24.5 Å². The fourth-order valence-electron chi connectivity index (χ4n) is 1.64. The highest BCUT2D eigenvalue weighted by Gasteiger charge is 2.12. The van der Waals surface area contributed by atoms with Gasteiger partial charge >= 0.3 is 5.97 Å². The SMILES string of the molecule is COc1cc(C(C)=O)ccc1OCC(=O)OCC(=O)NCCC#N. The number of ether oxygens (including phenoxy) is 3. The van der Waals surface area contributed by atoms with E-state index >= 15 is 0 Å². The molecule has 0 saturated carbocycles. The first-order valence-electron chi connectivity index (χ1n) is 7.09. The predicted molar refractivity (Wildman–Crippen MR) is 82.7 cm³/mol. The second-order valence-corrected chi connectivity index (χ2v) is 4.63. The molecular weight excluding hydrogens is 316 g/mol. The van der Waals surface area contributed by atoms with E-state index in [0.29, 0.717) is 11.3 Å². The lowest BCUT2D eigenvalue weighted by Crippen LogP contribution is -2.30. The standard InChI is InChI=1S/C16H18N2O6/c1-11(19)12-4-5-13(14(8-12)22-2)23-10-16(21)24-9-15(20)18-7-3-6-17/h4-5,8H,3,7,9-10H2,1-2H3,(H,18,20). The van der Waals surface area contributed by atoms with E-state index in [0.717, 1.165) is 0 Å². The Balaban J connectivity index is 2.45. The molecule has 0 atom stereocenters. The van der Waals surface area contributed by atoms with Crippen molar-refractivity contribution in [1.29, 1.82) is 5.26 Å². The van der Waals surface area contributed by atoms with Crippen LogP contribution in [0.3, 0.4) is 0 Å². The van der Waals surface area contributed by atoms with Crippen molar-refractivity contribution >= 4 is 17.7 Å². The normalized spacial score (nSPS) is 9.54. The third-order valence-electron chi connectivity index (χ3n) is 2.84. The number of nitrogens with zero attached hydrogens (tertiary/aromatic N) is 1. The molecule has 0 aliphatic carbocycles. The zero-order valence-electron chi connectivity index (χ0n) is 13.5. The molecule has 0 unspecified atom stereocenters. The zero-order chi connectivity index (χ0) is 17.9. The summed E-state index contributed by atoms with van der Waals surface area (Å²) in [4.78, 5) is 34.2. The van der Waals surface area contributed by atoms with Gasteiger partial charge in [-0.1, -0.05) is 0 Å². The van der Waals surface area contributed by atoms with E-state index in [4.69, 9.17) is 19.5 Å². The molecule has 0 fully saturated rings. The quantitative estimate of drug-likeness (QED) is 0.404. The predicted octanol–water partition coefficient (Wildman–Crippen LogP) is 0.850. The first-order valence-corrected chi connectivity index (χ1v) is 7.09. The van der Waals surface area contributed by atoms with Crippen LogP contribution in [-0.4, -0.2) is 44.5 Å². The first-order chi connectivity index (χ1) is 11.5. The number of amides is 1. The Morgan fingerprint density at radius 1 is 1.21 bits per heavy atom. The summed E-state index contributed by atoms with van der Waals surface area (Å²) in [5, 5.41) is 10.7. The summed E-state index contributed by atoms with van der Waals surface area (Å²) in [6, 6.07) is 6.44. The summed E-state index contributed by atoms with van der Waals surface area (Å²) in [7, 11) is 1.41. The molecule has 0 saturated heterocycles. The van der Waals surface area contributed by atoms with Gasteiger partial charge in [0.25, 0.3) is 5.91 Å². The molecule has 1 N–H and O–H groups in total. The topological polar surface area (TPSA) is 115 Å². The van der Waals surface area contributed by atoms with Gasteiger partial charge in [0.05, 0.1) is 19.6 Å². The van der Waals surface area contributed by atoms with E-state index in [1.807, 2.05) is 6.07 Å². The maximum absolute atomic E-state index is 11.6. The molecule has 0 aliphatic rings. The molecule has 8 nitrogen and oxygen atoms in total. The second kappa shape index (κ2) is 9.84. The van der Waals surface area contributed by atoms with E-state index < -0.39 is 25.1 Å². The summed E-state index contributed by atoms with van der Waals surface area (Å²) in [5.41, 5.74) is 0.454. The molecule has 0 spiro atoms. The fourth-order valence-corrected chi connectivity index (χ4v) is 1.64. The van der Waals surface area contributed by atoms with Crippen molar-refractivity contribution in [3.63, 3.8) is 0 Å². The van der Waals surface area contributed by atoms with Crippen molar-refractivity contribution in [3.8, 4) is 17.6 Å². The van der Waals surface area contributed by atoms with Crippen molar-refractivity contribution in [2.24, 2.45) is 0 Å². The molecule has 8 heteroatoms. The number of hydrogen-bond donors (Lipinski definition) is 1. The highest BCUT2D eigenvalue weighted by Crippen LogP contribution is 2.28. The molecule has 1 aromatic carbocycles. The van der Waals surface area contributed by atoms with Gasteiger partial charge in [-0.25, -0.2) is 4.79 Å². The van der Waals surface area contributed by atoms with E-state index in [1.165, 1.54) is 26.2 Å². The number of nitrogens with one attached hydrogen (secondary N) is 1. The summed E-state index contributed by atoms with van der Waals surface area (Å²) < 4.78 is 15.1. The maximum atomic E-state index is 11.6. The number of methoxy groups -OCH3 is 1. The van der Waals surface area contributed by atoms with Crippen LogP contribution in [0.1, 0.15) is 23.7 Å². The van der Waals surface area contributed by atoms with Crippen LogP contribution in [0.25, 0.3) is 0 Å². The molecule has 0 heterocycles. The molecular formula is C16H18N2O6. The zero-order valence-corrected chi connectivity index (χ0v) is 13.5. The third kappa shape index (κ3) is 6.36. The van der Waals surface area contributed by atoms with Crippen molar-refractivity contribution in [3.05, 3.63) is 23.8 Å². The minimum absolute atomic E-state index is 0.123. The summed E-state index contributed by atoms with van der Waals surface area (Å²) >= 11 is 0. The Bertz CT molecular complexity index is 650. The lowest BCUT2D eigenvalue weighted by Gasteiger charge is -2.11. The van der Waals surface area contributed by atoms with Gasteiger partial charge in [-0.05, 0) is 25.1 Å². The van der Waals surface area contributed by atoms with Crippen LogP contribution in [0.4, 0.5) is 0 Å². The number of carbonyl (C=O) groups excluding carboxylic acids is 3. The number of benzene rings is 1. The minimum Gasteiger partial charge on any atom is -0.493 e. The average molecular weight is 334 g/mol. The molecule has 0 aromatic heterocycles. The van der Waals surface area contributed by atoms with Crippen LogP contribution in [0.15, 0.2) is 18.2 Å². The van der Waals surface area contributed by atoms with E-state index in [2.05, 4.69) is 5.32 Å². The minimum atomic E-state index is -0.733. The fraction of sp³-hybridized carbons (Fsp3) is 0.375. The van der Waals surface area contributed by atoms with Crippen LogP contribution in [0.2, 0.25) is 0 Å². The summed E-state index contributed by atoms with van der Waals surface area (Å²) in [5.74, 6) is -0.769. The summed E-state index contributed by atoms with van der Waals surface area (Å²) in [6.45, 7) is 0.757. The highest BCUT2D eigenvalue weighted by atomic mass is 16.6. The van der Waals surface area contributed by atoms with Crippen LogP contribution >= 0.6 is 0 Å². The second-order valence-electron chi connectivity index (χ2n) is 4.63. The van der Waals surface area contributed by atoms with Gasteiger partial charge in [0.1, 0.15) is 0 Å². The molecule has 0 radical (unpaired) electrons. The van der Waals surface area contributed by atoms with Crippen LogP contribution in [-0.2, 0) is 14.3 Å². The Morgan fingerprint density at radius 2 is 1.96 bits per heavy atom. The first kappa shape index (κ1) is 19.0. The Morgan fingerprint density at radius 3 is 2.58 bits per heavy atom. The number of ketones is 1. The van der Waals surface area contributed by atoms with E-state index in [9.17, 15) is 14.4 Å².